The lowest BCUT2D eigenvalue weighted by Crippen LogP contribution is -2.35. The van der Waals surface area contributed by atoms with Gasteiger partial charge in [-0.25, -0.2) is 13.6 Å². The number of nitrogens with one attached hydrogen (secondary N) is 2. The number of rotatable bonds is 7. The molecule has 2 aromatic carbocycles. The lowest BCUT2D eigenvalue weighted by atomic mass is 10.2. The van der Waals surface area contributed by atoms with Crippen molar-refractivity contribution in [3.8, 4) is 0 Å². The van der Waals surface area contributed by atoms with Gasteiger partial charge in [-0.15, -0.1) is 0 Å². The van der Waals surface area contributed by atoms with Gasteiger partial charge < -0.3 is 20.3 Å². The maximum absolute atomic E-state index is 13.1. The molecule has 0 unspecified atom stereocenters. The number of carbonyl (C=O) groups excluding carboxylic acids is 3. The minimum absolute atomic E-state index is 0.0466. The number of amides is 2. The number of benzene rings is 2. The highest BCUT2D eigenvalue weighted by molar-refractivity contribution is 5.95. The van der Waals surface area contributed by atoms with Crippen LogP contribution in [0.4, 0.5) is 20.2 Å². The molecule has 148 valence electrons. The van der Waals surface area contributed by atoms with Gasteiger partial charge in [-0.05, 0) is 30.3 Å². The van der Waals surface area contributed by atoms with Crippen molar-refractivity contribution in [1.82, 2.24) is 5.32 Å². The van der Waals surface area contributed by atoms with Crippen LogP contribution in [0.5, 0.6) is 0 Å². The Labute approximate surface area is 160 Å². The van der Waals surface area contributed by atoms with Crippen LogP contribution in [0.15, 0.2) is 42.5 Å². The van der Waals surface area contributed by atoms with Gasteiger partial charge in [0.15, 0.2) is 18.2 Å². The maximum atomic E-state index is 13.1. The molecular weight excluding hydrogens is 372 g/mol. The molecular formula is C19H19F2N3O4. The van der Waals surface area contributed by atoms with Gasteiger partial charge in [0.25, 0.3) is 5.91 Å². The Kier molecular flexibility index (Phi) is 7.02. The van der Waals surface area contributed by atoms with Gasteiger partial charge in [0.2, 0.25) is 5.91 Å². The van der Waals surface area contributed by atoms with Gasteiger partial charge in [-0.2, -0.15) is 0 Å². The van der Waals surface area contributed by atoms with Gasteiger partial charge in [-0.3, -0.25) is 9.59 Å². The number of nitrogens with zero attached hydrogens (tertiary/aromatic N) is 1. The molecule has 0 aliphatic rings. The number of hydrogen-bond acceptors (Lipinski definition) is 5. The molecule has 2 aromatic rings. The van der Waals surface area contributed by atoms with E-state index in [0.29, 0.717) is 0 Å². The van der Waals surface area contributed by atoms with Crippen LogP contribution >= 0.6 is 0 Å². The van der Waals surface area contributed by atoms with E-state index in [1.54, 1.807) is 18.2 Å². The van der Waals surface area contributed by atoms with Gasteiger partial charge >= 0.3 is 5.97 Å². The normalized spacial score (nSPS) is 10.1. The van der Waals surface area contributed by atoms with Crippen LogP contribution in [-0.4, -0.2) is 45.0 Å². The molecule has 0 fully saturated rings. The summed E-state index contributed by atoms with van der Waals surface area (Å²) in [5, 5.41) is 4.56. The van der Waals surface area contributed by atoms with Crippen molar-refractivity contribution in [1.29, 1.82) is 0 Å². The van der Waals surface area contributed by atoms with Crippen LogP contribution in [0.1, 0.15) is 10.4 Å². The van der Waals surface area contributed by atoms with Gasteiger partial charge in [0.1, 0.15) is 0 Å². The van der Waals surface area contributed by atoms with E-state index in [-0.39, 0.29) is 11.3 Å². The molecule has 0 heterocycles. The van der Waals surface area contributed by atoms with Crippen molar-refractivity contribution in [2.75, 3.05) is 37.5 Å². The summed E-state index contributed by atoms with van der Waals surface area (Å²) in [6, 6.07) is 9.55. The third-order valence-corrected chi connectivity index (χ3v) is 3.58. The number of ether oxygens (including phenoxy) is 1. The molecule has 0 saturated carbocycles. The first-order chi connectivity index (χ1) is 13.3. The molecule has 0 aliphatic heterocycles. The first-order valence-corrected chi connectivity index (χ1v) is 8.22. The fourth-order valence-electron chi connectivity index (χ4n) is 2.13. The molecule has 0 aliphatic carbocycles. The van der Waals surface area contributed by atoms with E-state index < -0.39 is 42.6 Å². The lowest BCUT2D eigenvalue weighted by Gasteiger charge is -2.13. The Balaban J connectivity index is 1.77. The second-order valence-corrected chi connectivity index (χ2v) is 5.97. The standard InChI is InChI=1S/C19H19F2N3O4/c1-24(2)14-5-3-4-12(8-14)19(27)28-11-18(26)22-10-17(25)23-13-6-7-15(20)16(21)9-13/h3-9H,10-11H2,1-2H3,(H,22,26)(H,23,25). The summed E-state index contributed by atoms with van der Waals surface area (Å²) in [5.41, 5.74) is 1.13. The first kappa shape index (κ1) is 20.8. The summed E-state index contributed by atoms with van der Waals surface area (Å²) in [5.74, 6) is -4.15. The molecule has 0 bridgehead atoms. The lowest BCUT2D eigenvalue weighted by molar-refractivity contribution is -0.126. The highest BCUT2D eigenvalue weighted by Gasteiger charge is 2.12. The summed E-state index contributed by atoms with van der Waals surface area (Å²) in [6.45, 7) is -0.991. The predicted octanol–water partition coefficient (Wildman–Crippen LogP) is 1.94. The molecule has 0 aromatic heterocycles. The van der Waals surface area contributed by atoms with Crippen molar-refractivity contribution in [3.63, 3.8) is 0 Å². The van der Waals surface area contributed by atoms with Crippen LogP contribution in [0.25, 0.3) is 0 Å². The van der Waals surface area contributed by atoms with Gasteiger partial charge in [-0.1, -0.05) is 6.07 Å². The summed E-state index contributed by atoms with van der Waals surface area (Å²) in [4.78, 5) is 37.3. The summed E-state index contributed by atoms with van der Waals surface area (Å²) < 4.78 is 30.8. The molecule has 28 heavy (non-hydrogen) atoms. The number of hydrogen-bond donors (Lipinski definition) is 2. The highest BCUT2D eigenvalue weighted by Crippen LogP contribution is 2.14. The largest absolute Gasteiger partial charge is 0.452 e. The molecule has 0 spiro atoms. The maximum Gasteiger partial charge on any atom is 0.338 e. The zero-order chi connectivity index (χ0) is 20.7. The molecule has 2 N–H and O–H groups in total. The number of esters is 1. The highest BCUT2D eigenvalue weighted by atomic mass is 19.2. The second kappa shape index (κ2) is 9.45. The van der Waals surface area contributed by atoms with Crippen molar-refractivity contribution in [2.24, 2.45) is 0 Å². The van der Waals surface area contributed by atoms with E-state index >= 15 is 0 Å². The van der Waals surface area contributed by atoms with Crippen LogP contribution < -0.4 is 15.5 Å². The molecule has 0 atom stereocenters. The average molecular weight is 391 g/mol. The third-order valence-electron chi connectivity index (χ3n) is 3.58. The Morgan fingerprint density at radius 1 is 1.00 bits per heavy atom. The fraction of sp³-hybridized carbons (Fsp3) is 0.211. The molecule has 0 radical (unpaired) electrons. The topological polar surface area (TPSA) is 87.7 Å². The molecule has 9 heteroatoms. The van der Waals surface area contributed by atoms with E-state index in [4.69, 9.17) is 4.74 Å². The third kappa shape index (κ3) is 6.04. The smallest absolute Gasteiger partial charge is 0.338 e. The number of carbonyl (C=O) groups is 3. The minimum atomic E-state index is -1.10. The number of anilines is 2. The van der Waals surface area contributed by atoms with E-state index in [1.807, 2.05) is 25.1 Å². The van der Waals surface area contributed by atoms with E-state index in [9.17, 15) is 23.2 Å². The van der Waals surface area contributed by atoms with Crippen molar-refractivity contribution in [3.05, 3.63) is 59.7 Å². The van der Waals surface area contributed by atoms with Crippen molar-refractivity contribution < 1.29 is 27.9 Å². The molecule has 7 nitrogen and oxygen atoms in total. The Bertz CT molecular complexity index is 887. The minimum Gasteiger partial charge on any atom is -0.452 e. The van der Waals surface area contributed by atoms with E-state index in [1.165, 1.54) is 6.07 Å². The Morgan fingerprint density at radius 3 is 2.43 bits per heavy atom. The summed E-state index contributed by atoms with van der Waals surface area (Å²) >= 11 is 0. The monoisotopic (exact) mass is 391 g/mol. The van der Waals surface area contributed by atoms with Crippen LogP contribution in [0.3, 0.4) is 0 Å². The SMILES string of the molecule is CN(C)c1cccc(C(=O)OCC(=O)NCC(=O)Nc2ccc(F)c(F)c2)c1. The van der Waals surface area contributed by atoms with Crippen LogP contribution in [-0.2, 0) is 14.3 Å². The van der Waals surface area contributed by atoms with E-state index in [0.717, 1.165) is 17.8 Å². The Morgan fingerprint density at radius 2 is 1.75 bits per heavy atom. The molecule has 0 saturated heterocycles. The average Bonchev–Trinajstić information content (AvgIpc) is 2.67. The van der Waals surface area contributed by atoms with Crippen LogP contribution in [0.2, 0.25) is 0 Å². The quantitative estimate of drug-likeness (QED) is 0.705. The fourth-order valence-corrected chi connectivity index (χ4v) is 2.13. The summed E-state index contributed by atoms with van der Waals surface area (Å²) in [7, 11) is 3.65. The first-order valence-electron chi connectivity index (χ1n) is 8.22. The zero-order valence-corrected chi connectivity index (χ0v) is 15.3. The number of halogens is 2. The predicted molar refractivity (Wildman–Crippen MR) is 99.0 cm³/mol. The summed E-state index contributed by atoms with van der Waals surface area (Å²) in [6.07, 6.45) is 0. The van der Waals surface area contributed by atoms with E-state index in [2.05, 4.69) is 10.6 Å². The van der Waals surface area contributed by atoms with Gasteiger partial charge in [0.05, 0.1) is 12.1 Å². The molecule has 2 rings (SSSR count). The van der Waals surface area contributed by atoms with Gasteiger partial charge in [0, 0.05) is 31.5 Å². The Hall–Kier alpha value is -3.49. The van der Waals surface area contributed by atoms with Crippen molar-refractivity contribution >= 4 is 29.2 Å². The molecule has 2 amide bonds. The van der Waals surface area contributed by atoms with Crippen LogP contribution in [0, 0.1) is 11.6 Å². The van der Waals surface area contributed by atoms with Crippen molar-refractivity contribution in [2.45, 2.75) is 0 Å². The zero-order valence-electron chi connectivity index (χ0n) is 15.3. The second-order valence-electron chi connectivity index (χ2n) is 5.97.